The molecule has 2 rings (SSSR count). The molecule has 204 valence electrons. The number of benzene rings is 2. The number of esters is 2. The van der Waals surface area contributed by atoms with Gasteiger partial charge in [0.2, 0.25) is 5.91 Å². The molecule has 2 atom stereocenters. The lowest BCUT2D eigenvalue weighted by Crippen LogP contribution is -2.32. The molecule has 38 heavy (non-hydrogen) atoms. The molecule has 2 aromatic rings. The van der Waals surface area contributed by atoms with Crippen molar-refractivity contribution in [1.82, 2.24) is 5.32 Å². The molecule has 0 aromatic heterocycles. The normalized spacial score (nSPS) is 12.3. The minimum absolute atomic E-state index is 0.0411. The standard InChI is InChI=1S/C27H32N2O9/c1-5-6-11-23(36-19(3)30)21-9-7-8-10-22(21)27(32)37-24-14-12-20(16-25(24)35-4)13-15-26(31)28-17-18(2)38-29(33)34/h7-10,12-16,18,23H,5-6,11,17H2,1-4H3,(H,28,31)/b15-13+. The van der Waals surface area contributed by atoms with E-state index >= 15 is 0 Å². The fourth-order valence-corrected chi connectivity index (χ4v) is 3.52. The van der Waals surface area contributed by atoms with Crippen LogP contribution in [0.15, 0.2) is 48.5 Å². The smallest absolute Gasteiger partial charge is 0.344 e. The molecule has 0 saturated heterocycles. The first kappa shape index (κ1) is 29.8. The number of rotatable bonds is 14. The van der Waals surface area contributed by atoms with Gasteiger partial charge in [0.1, 0.15) is 12.2 Å². The van der Waals surface area contributed by atoms with Crippen molar-refractivity contribution in [2.45, 2.75) is 52.2 Å². The fraction of sp³-hybridized carbons (Fsp3) is 0.370. The maximum absolute atomic E-state index is 13.1. The number of amides is 1. The van der Waals surface area contributed by atoms with Gasteiger partial charge in [-0.2, -0.15) is 0 Å². The minimum Gasteiger partial charge on any atom is -0.493 e. The van der Waals surface area contributed by atoms with Crippen molar-refractivity contribution < 1.29 is 38.5 Å². The number of ether oxygens (including phenoxy) is 3. The average Bonchev–Trinajstić information content (AvgIpc) is 2.88. The molecule has 2 aromatic carbocycles. The van der Waals surface area contributed by atoms with Gasteiger partial charge in [-0.15, -0.1) is 10.1 Å². The van der Waals surface area contributed by atoms with E-state index in [4.69, 9.17) is 14.2 Å². The Morgan fingerprint density at radius 3 is 2.53 bits per heavy atom. The second-order valence-corrected chi connectivity index (χ2v) is 8.35. The predicted molar refractivity (Wildman–Crippen MR) is 138 cm³/mol. The third-order valence-electron chi connectivity index (χ3n) is 5.30. The molecule has 0 aliphatic heterocycles. The van der Waals surface area contributed by atoms with E-state index in [1.54, 1.807) is 36.4 Å². The number of hydrogen-bond donors (Lipinski definition) is 1. The number of nitrogens with one attached hydrogen (secondary N) is 1. The van der Waals surface area contributed by atoms with Gasteiger partial charge in [-0.05, 0) is 49.6 Å². The first-order chi connectivity index (χ1) is 18.1. The van der Waals surface area contributed by atoms with Crippen LogP contribution in [0, 0.1) is 10.1 Å². The van der Waals surface area contributed by atoms with Gasteiger partial charge in [0.05, 0.1) is 12.7 Å². The van der Waals surface area contributed by atoms with E-state index in [0.717, 1.165) is 12.8 Å². The molecule has 0 radical (unpaired) electrons. The van der Waals surface area contributed by atoms with E-state index in [1.807, 2.05) is 6.92 Å². The van der Waals surface area contributed by atoms with Crippen molar-refractivity contribution in [2.24, 2.45) is 0 Å². The van der Waals surface area contributed by atoms with Crippen molar-refractivity contribution in [1.29, 1.82) is 0 Å². The zero-order valence-electron chi connectivity index (χ0n) is 21.8. The van der Waals surface area contributed by atoms with Crippen LogP contribution in [0.25, 0.3) is 6.08 Å². The Bertz CT molecular complexity index is 1160. The van der Waals surface area contributed by atoms with Gasteiger partial charge in [-0.3, -0.25) is 9.59 Å². The number of nitrogens with zero attached hydrogens (tertiary/aromatic N) is 1. The van der Waals surface area contributed by atoms with Gasteiger partial charge in [0, 0.05) is 25.1 Å². The number of carbonyl (C=O) groups excluding carboxylic acids is 3. The van der Waals surface area contributed by atoms with E-state index in [9.17, 15) is 24.5 Å². The first-order valence-electron chi connectivity index (χ1n) is 12.1. The summed E-state index contributed by atoms with van der Waals surface area (Å²) in [6.45, 7) is 4.77. The lowest BCUT2D eigenvalue weighted by molar-refractivity contribution is -0.767. The lowest BCUT2D eigenvalue weighted by Gasteiger charge is -2.20. The molecule has 0 aliphatic rings. The Hall–Kier alpha value is -4.41. The van der Waals surface area contributed by atoms with Gasteiger partial charge in [-0.1, -0.05) is 37.6 Å². The molecule has 0 heterocycles. The van der Waals surface area contributed by atoms with E-state index in [2.05, 4.69) is 10.2 Å². The highest BCUT2D eigenvalue weighted by molar-refractivity contribution is 5.93. The molecule has 0 fully saturated rings. The Kier molecular flexibility index (Phi) is 11.8. The molecule has 0 saturated carbocycles. The maximum atomic E-state index is 13.1. The second kappa shape index (κ2) is 15.0. The summed E-state index contributed by atoms with van der Waals surface area (Å²) in [5, 5.41) is 11.9. The summed E-state index contributed by atoms with van der Waals surface area (Å²) in [4.78, 5) is 51.4. The quantitative estimate of drug-likeness (QED) is 0.124. The zero-order chi connectivity index (χ0) is 28.1. The fourth-order valence-electron chi connectivity index (χ4n) is 3.52. The molecule has 11 heteroatoms. The molecule has 0 spiro atoms. The minimum atomic E-state index is -0.920. The molecule has 1 amide bonds. The third kappa shape index (κ3) is 9.57. The molecule has 0 aliphatic carbocycles. The van der Waals surface area contributed by atoms with Gasteiger partial charge < -0.3 is 24.4 Å². The highest BCUT2D eigenvalue weighted by Crippen LogP contribution is 2.32. The monoisotopic (exact) mass is 528 g/mol. The molecule has 0 bridgehead atoms. The van der Waals surface area contributed by atoms with Crippen molar-refractivity contribution in [2.75, 3.05) is 13.7 Å². The Morgan fingerprint density at radius 1 is 1.13 bits per heavy atom. The zero-order valence-corrected chi connectivity index (χ0v) is 21.8. The van der Waals surface area contributed by atoms with Crippen LogP contribution in [-0.2, 0) is 19.2 Å². The van der Waals surface area contributed by atoms with E-state index in [0.29, 0.717) is 17.5 Å². The second-order valence-electron chi connectivity index (χ2n) is 8.35. The van der Waals surface area contributed by atoms with Crippen LogP contribution in [0.2, 0.25) is 0 Å². The van der Waals surface area contributed by atoms with E-state index < -0.39 is 35.1 Å². The summed E-state index contributed by atoms with van der Waals surface area (Å²) in [5.41, 5.74) is 1.41. The van der Waals surface area contributed by atoms with Crippen LogP contribution >= 0.6 is 0 Å². The van der Waals surface area contributed by atoms with Crippen LogP contribution in [0.4, 0.5) is 0 Å². The van der Waals surface area contributed by atoms with E-state index in [-0.39, 0.29) is 23.6 Å². The highest BCUT2D eigenvalue weighted by Gasteiger charge is 2.23. The lowest BCUT2D eigenvalue weighted by atomic mass is 9.98. The van der Waals surface area contributed by atoms with Crippen LogP contribution in [0.5, 0.6) is 11.5 Å². The first-order valence-corrected chi connectivity index (χ1v) is 12.1. The number of carbonyl (C=O) groups is 3. The number of methoxy groups -OCH3 is 1. The van der Waals surface area contributed by atoms with Crippen LogP contribution in [-0.4, -0.2) is 42.7 Å². The Balaban J connectivity index is 2.15. The summed E-state index contributed by atoms with van der Waals surface area (Å²) >= 11 is 0. The topological polar surface area (TPSA) is 143 Å². The van der Waals surface area contributed by atoms with Crippen LogP contribution in [0.3, 0.4) is 0 Å². The molecule has 11 nitrogen and oxygen atoms in total. The SMILES string of the molecule is CCCCC(OC(C)=O)c1ccccc1C(=O)Oc1ccc(/C=C/C(=O)NCC(C)O[N+](=O)[O-])cc1OC. The van der Waals surface area contributed by atoms with Gasteiger partial charge in [-0.25, -0.2) is 4.79 Å². The molecule has 1 N–H and O–H groups in total. The summed E-state index contributed by atoms with van der Waals surface area (Å²) in [7, 11) is 1.42. The summed E-state index contributed by atoms with van der Waals surface area (Å²) in [5.74, 6) is -1.12. The summed E-state index contributed by atoms with van der Waals surface area (Å²) in [6.07, 6.45) is 3.67. The van der Waals surface area contributed by atoms with Gasteiger partial charge in [0.25, 0.3) is 5.09 Å². The summed E-state index contributed by atoms with van der Waals surface area (Å²) in [6, 6.07) is 11.6. The third-order valence-corrected chi connectivity index (χ3v) is 5.30. The average molecular weight is 529 g/mol. The number of hydrogen-bond acceptors (Lipinski definition) is 9. The molecular formula is C27H32N2O9. The van der Waals surface area contributed by atoms with Crippen molar-refractivity contribution in [3.8, 4) is 11.5 Å². The van der Waals surface area contributed by atoms with Crippen LogP contribution < -0.4 is 14.8 Å². The summed E-state index contributed by atoms with van der Waals surface area (Å²) < 4.78 is 16.5. The Labute approximate surface area is 220 Å². The van der Waals surface area contributed by atoms with Crippen molar-refractivity contribution in [3.63, 3.8) is 0 Å². The highest BCUT2D eigenvalue weighted by atomic mass is 17.0. The largest absolute Gasteiger partial charge is 0.493 e. The van der Waals surface area contributed by atoms with E-state index in [1.165, 1.54) is 39.2 Å². The van der Waals surface area contributed by atoms with Crippen LogP contribution in [0.1, 0.15) is 67.6 Å². The molecular weight excluding hydrogens is 496 g/mol. The Morgan fingerprint density at radius 2 is 1.87 bits per heavy atom. The van der Waals surface area contributed by atoms with Crippen molar-refractivity contribution in [3.05, 3.63) is 75.3 Å². The van der Waals surface area contributed by atoms with Gasteiger partial charge in [0.15, 0.2) is 11.5 Å². The maximum Gasteiger partial charge on any atom is 0.344 e. The van der Waals surface area contributed by atoms with Gasteiger partial charge >= 0.3 is 11.9 Å². The predicted octanol–water partition coefficient (Wildman–Crippen LogP) is 4.44. The van der Waals surface area contributed by atoms with Crippen molar-refractivity contribution >= 4 is 23.9 Å². The molecule has 2 unspecified atom stereocenters. The number of unbranched alkanes of at least 4 members (excludes halogenated alkanes) is 1.